The van der Waals surface area contributed by atoms with Crippen LogP contribution in [0.4, 0.5) is 17.1 Å². The second-order valence-electron chi connectivity index (χ2n) is 13.4. The molecule has 2 heteroatoms. The zero-order chi connectivity index (χ0) is 39.3. The monoisotopic (exact) mass is 693 g/mol. The van der Waals surface area contributed by atoms with Crippen LogP contribution < -0.4 is 4.90 Å². The Morgan fingerprint density at radius 1 is 0.370 bits per heavy atom. The number of nitrogens with zero attached hydrogens (tertiary/aromatic N) is 1. The van der Waals surface area contributed by atoms with Gasteiger partial charge in [0.2, 0.25) is 0 Å². The topological polar surface area (TPSA) is 16.4 Å². The normalized spacial score (nSPS) is 12.4. The van der Waals surface area contributed by atoms with Gasteiger partial charge in [0.05, 0.1) is 5.48 Å². The van der Waals surface area contributed by atoms with Crippen LogP contribution in [0, 0.1) is 0 Å². The second kappa shape index (κ2) is 13.4. The van der Waals surface area contributed by atoms with Gasteiger partial charge in [0, 0.05) is 33.2 Å². The Morgan fingerprint density at radius 2 is 0.926 bits per heavy atom. The number of furan rings is 1. The van der Waals surface area contributed by atoms with E-state index in [9.17, 15) is 2.74 Å². The number of anilines is 3. The van der Waals surface area contributed by atoms with Crippen LogP contribution in [0.2, 0.25) is 0 Å². The van der Waals surface area contributed by atoms with Crippen molar-refractivity contribution in [3.8, 4) is 44.5 Å². The molecule has 0 atom stereocenters. The van der Waals surface area contributed by atoms with E-state index in [0.717, 1.165) is 66.1 Å². The van der Waals surface area contributed by atoms with Crippen LogP contribution in [0.1, 0.15) is 5.48 Å². The van der Waals surface area contributed by atoms with Gasteiger partial charge in [-0.2, -0.15) is 0 Å². The smallest absolute Gasteiger partial charge is 0.143 e. The van der Waals surface area contributed by atoms with E-state index >= 15 is 0 Å². The fourth-order valence-corrected chi connectivity index (χ4v) is 7.47. The maximum atomic E-state index is 9.37. The molecule has 0 aliphatic carbocycles. The lowest BCUT2D eigenvalue weighted by Crippen LogP contribution is -2.09. The summed E-state index contributed by atoms with van der Waals surface area (Å²) in [6.07, 6.45) is 0. The summed E-state index contributed by atoms with van der Waals surface area (Å²) < 4.78 is 43.6. The lowest BCUT2D eigenvalue weighted by molar-refractivity contribution is 0.673. The molecule has 0 aliphatic heterocycles. The third-order valence-corrected chi connectivity index (χ3v) is 10.2. The molecule has 0 amide bonds. The summed E-state index contributed by atoms with van der Waals surface area (Å²) in [6.45, 7) is 0. The first-order valence-electron chi connectivity index (χ1n) is 20.1. The van der Waals surface area contributed by atoms with Gasteiger partial charge in [0.25, 0.3) is 0 Å². The minimum Gasteiger partial charge on any atom is -0.455 e. The molecule has 10 rings (SSSR count). The van der Waals surface area contributed by atoms with Crippen molar-refractivity contribution in [3.05, 3.63) is 212 Å². The van der Waals surface area contributed by atoms with Crippen molar-refractivity contribution in [2.75, 3.05) is 4.90 Å². The molecule has 0 saturated heterocycles. The molecule has 0 saturated carbocycles. The maximum Gasteiger partial charge on any atom is 0.143 e. The fraction of sp³-hybridized carbons (Fsp3) is 0. The lowest BCUT2D eigenvalue weighted by atomic mass is 9.97. The van der Waals surface area contributed by atoms with Crippen molar-refractivity contribution in [1.82, 2.24) is 0 Å². The van der Waals surface area contributed by atoms with Crippen molar-refractivity contribution >= 4 is 49.8 Å². The first-order valence-corrected chi connectivity index (χ1v) is 18.1. The van der Waals surface area contributed by atoms with Gasteiger partial charge in [-0.3, -0.25) is 0 Å². The summed E-state index contributed by atoms with van der Waals surface area (Å²) >= 11 is 0. The Balaban J connectivity index is 1.10. The summed E-state index contributed by atoms with van der Waals surface area (Å²) in [4.78, 5) is 1.84. The van der Waals surface area contributed by atoms with Crippen molar-refractivity contribution in [1.29, 1.82) is 0 Å². The van der Waals surface area contributed by atoms with Crippen molar-refractivity contribution < 1.29 is 9.90 Å². The van der Waals surface area contributed by atoms with E-state index < -0.39 is 0 Å². The fourth-order valence-electron chi connectivity index (χ4n) is 7.47. The number of benzene rings is 9. The van der Waals surface area contributed by atoms with Gasteiger partial charge in [0.15, 0.2) is 0 Å². The highest BCUT2D eigenvalue weighted by atomic mass is 16.3. The third-order valence-electron chi connectivity index (χ3n) is 10.2. The first kappa shape index (κ1) is 27.5. The summed E-state index contributed by atoms with van der Waals surface area (Å²) in [7, 11) is 0. The molecule has 0 radical (unpaired) electrons. The van der Waals surface area contributed by atoms with Gasteiger partial charge in [-0.05, 0) is 104 Å². The molecule has 0 fully saturated rings. The van der Waals surface area contributed by atoms with Crippen LogP contribution in [0.15, 0.2) is 217 Å². The molecule has 1 aromatic heterocycles. The van der Waals surface area contributed by atoms with Gasteiger partial charge < -0.3 is 9.32 Å². The zero-order valence-corrected chi connectivity index (χ0v) is 29.3. The molecule has 0 aliphatic rings. The van der Waals surface area contributed by atoms with Gasteiger partial charge >= 0.3 is 0 Å². The van der Waals surface area contributed by atoms with E-state index in [4.69, 9.17) is 7.16 Å². The molecular formula is C52H35NO. The first-order chi connectivity index (χ1) is 28.4. The predicted octanol–water partition coefficient (Wildman–Crippen LogP) is 14.9. The van der Waals surface area contributed by atoms with Crippen LogP contribution in [-0.4, -0.2) is 0 Å². The molecule has 0 spiro atoms. The minimum atomic E-state index is -0.120. The Labute approximate surface area is 320 Å². The van der Waals surface area contributed by atoms with Gasteiger partial charge in [0.1, 0.15) is 11.2 Å². The van der Waals surface area contributed by atoms with Crippen LogP contribution in [0.3, 0.4) is 0 Å². The molecule has 2 nitrogen and oxygen atoms in total. The van der Waals surface area contributed by atoms with Crippen molar-refractivity contribution in [2.45, 2.75) is 0 Å². The van der Waals surface area contributed by atoms with E-state index in [-0.39, 0.29) is 35.4 Å². The number of rotatable bonds is 7. The van der Waals surface area contributed by atoms with Crippen LogP contribution in [-0.2, 0) is 0 Å². The molecule has 54 heavy (non-hydrogen) atoms. The average Bonchev–Trinajstić information content (AvgIpc) is 3.68. The van der Waals surface area contributed by atoms with E-state index in [0.29, 0.717) is 16.9 Å². The third kappa shape index (κ3) is 5.71. The number of hydrogen-bond acceptors (Lipinski definition) is 2. The Kier molecular flexibility index (Phi) is 6.84. The largest absolute Gasteiger partial charge is 0.455 e. The van der Waals surface area contributed by atoms with Gasteiger partial charge in [-0.25, -0.2) is 0 Å². The molecule has 0 N–H and O–H groups in total. The summed E-state index contributed by atoms with van der Waals surface area (Å²) in [5.41, 5.74) is 10.5. The molecule has 0 bridgehead atoms. The predicted molar refractivity (Wildman–Crippen MR) is 228 cm³/mol. The van der Waals surface area contributed by atoms with Crippen LogP contribution in [0.25, 0.3) is 77.2 Å². The van der Waals surface area contributed by atoms with E-state index in [1.807, 2.05) is 114 Å². The molecule has 1 heterocycles. The highest BCUT2D eigenvalue weighted by Gasteiger charge is 2.17. The SMILES string of the molecule is [2H]c1c([2H])c(N(c2ccc(-c3cccc(-c4ccccc4)c3)cc2)c2ccc(-c3cccc4oc5c6ccccc6ccc5c34)cc2)c([2H])c([2H])c1-c1ccccc1. The highest BCUT2D eigenvalue weighted by molar-refractivity contribution is 6.19. The Morgan fingerprint density at radius 3 is 1.61 bits per heavy atom. The molecule has 254 valence electrons. The summed E-state index contributed by atoms with van der Waals surface area (Å²) in [6, 6.07) is 62.3. The number of hydrogen-bond donors (Lipinski definition) is 0. The summed E-state index contributed by atoms with van der Waals surface area (Å²) in [5, 5.41) is 4.28. The molecule has 10 aromatic rings. The quantitative estimate of drug-likeness (QED) is 0.165. The van der Waals surface area contributed by atoms with Gasteiger partial charge in [-0.15, -0.1) is 0 Å². The molecule has 0 unspecified atom stereocenters. The standard InChI is InChI=1S/C52H35NO/c1-3-11-36(12-4-1)38-21-28-44(29-22-38)53(45-30-23-39(24-31-45)43-17-9-16-42(35-43)37-13-5-2-6-14-37)46-32-25-41(26-33-46)47-19-10-20-50-51(47)49-34-27-40-15-7-8-18-48(40)52(49)54-50/h1-35H/i21D,22D,28D,29D. The van der Waals surface area contributed by atoms with Crippen molar-refractivity contribution in [3.63, 3.8) is 0 Å². The van der Waals surface area contributed by atoms with Gasteiger partial charge in [-0.1, -0.05) is 158 Å². The van der Waals surface area contributed by atoms with Crippen molar-refractivity contribution in [2.24, 2.45) is 0 Å². The van der Waals surface area contributed by atoms with Crippen LogP contribution in [0.5, 0.6) is 0 Å². The van der Waals surface area contributed by atoms with E-state index in [2.05, 4.69) is 78.9 Å². The van der Waals surface area contributed by atoms with E-state index in [1.54, 1.807) is 0 Å². The second-order valence-corrected chi connectivity index (χ2v) is 13.4. The minimum absolute atomic E-state index is 0.0933. The Hall–Kier alpha value is -7.16. The highest BCUT2D eigenvalue weighted by Crippen LogP contribution is 2.42. The molecule has 9 aromatic carbocycles. The van der Waals surface area contributed by atoms with E-state index in [1.165, 1.54) is 0 Å². The Bertz CT molecular complexity index is 3110. The average molecular weight is 694 g/mol. The maximum absolute atomic E-state index is 9.37. The summed E-state index contributed by atoms with van der Waals surface area (Å²) in [5.74, 6) is 0. The molecular weight excluding hydrogens is 655 g/mol. The number of fused-ring (bicyclic) bond motifs is 5. The lowest BCUT2D eigenvalue weighted by Gasteiger charge is -2.26. The zero-order valence-electron chi connectivity index (χ0n) is 33.3. The van der Waals surface area contributed by atoms with Crippen LogP contribution >= 0.6 is 0 Å².